The molecule has 0 atom stereocenters. The second-order valence-corrected chi connectivity index (χ2v) is 10.6. The van der Waals surface area contributed by atoms with Gasteiger partial charge in [0.05, 0.1) is 18.7 Å². The predicted molar refractivity (Wildman–Crippen MR) is 132 cm³/mol. The van der Waals surface area contributed by atoms with Crippen LogP contribution in [0, 0.1) is 0 Å². The number of aromatic nitrogens is 2. The Bertz CT molecular complexity index is 1220. The van der Waals surface area contributed by atoms with E-state index in [0.717, 1.165) is 74.0 Å². The van der Waals surface area contributed by atoms with E-state index in [1.165, 1.54) is 16.9 Å². The summed E-state index contributed by atoms with van der Waals surface area (Å²) in [6.07, 6.45) is 7.30. The Kier molecular flexibility index (Phi) is 5.73. The van der Waals surface area contributed by atoms with Crippen LogP contribution < -0.4 is 0 Å². The minimum atomic E-state index is 0.0165. The van der Waals surface area contributed by atoms with Gasteiger partial charge in [-0.05, 0) is 49.7 Å². The van der Waals surface area contributed by atoms with Crippen molar-refractivity contribution < 1.29 is 9.59 Å². The second kappa shape index (κ2) is 9.02. The first-order chi connectivity index (χ1) is 16.7. The highest BCUT2D eigenvalue weighted by molar-refractivity contribution is 7.10. The fourth-order valence-electron chi connectivity index (χ4n) is 5.64. The molecular weight excluding hydrogens is 444 g/mol. The Hall–Kier alpha value is -2.93. The normalized spacial score (nSPS) is 17.5. The minimum absolute atomic E-state index is 0.0165. The Morgan fingerprint density at radius 3 is 2.47 bits per heavy atom. The topological polar surface area (TPSA) is 58.4 Å². The van der Waals surface area contributed by atoms with Gasteiger partial charge in [-0.2, -0.15) is 5.10 Å². The molecule has 1 aliphatic carbocycles. The second-order valence-electron chi connectivity index (χ2n) is 9.65. The third kappa shape index (κ3) is 3.86. The highest BCUT2D eigenvalue weighted by Crippen LogP contribution is 2.33. The minimum Gasteiger partial charge on any atom is -0.337 e. The van der Waals surface area contributed by atoms with Gasteiger partial charge in [-0.15, -0.1) is 11.3 Å². The molecule has 0 N–H and O–H groups in total. The van der Waals surface area contributed by atoms with Crippen LogP contribution in [0.2, 0.25) is 0 Å². The van der Waals surface area contributed by atoms with Crippen molar-refractivity contribution in [3.8, 4) is 0 Å². The Morgan fingerprint density at radius 2 is 1.65 bits per heavy atom. The Balaban J connectivity index is 1.32. The summed E-state index contributed by atoms with van der Waals surface area (Å²) in [6.45, 7) is 3.35. The molecule has 34 heavy (non-hydrogen) atoms. The van der Waals surface area contributed by atoms with E-state index in [9.17, 15) is 9.59 Å². The van der Waals surface area contributed by atoms with E-state index in [2.05, 4.69) is 17.5 Å². The molecule has 1 saturated heterocycles. The molecule has 0 spiro atoms. The van der Waals surface area contributed by atoms with Gasteiger partial charge in [-0.25, -0.2) is 0 Å². The number of nitrogens with zero attached hydrogens (tertiary/aromatic N) is 4. The van der Waals surface area contributed by atoms with Gasteiger partial charge in [-0.1, -0.05) is 30.3 Å². The highest BCUT2D eigenvalue weighted by atomic mass is 32.1. The van der Waals surface area contributed by atoms with Crippen molar-refractivity contribution in [2.75, 3.05) is 19.6 Å². The maximum atomic E-state index is 13.6. The molecule has 1 fully saturated rings. The summed E-state index contributed by atoms with van der Waals surface area (Å²) < 4.78 is 2.00. The molecule has 2 amide bonds. The number of thiophene rings is 1. The number of rotatable bonds is 4. The van der Waals surface area contributed by atoms with Crippen LogP contribution in [-0.4, -0.2) is 51.0 Å². The maximum absolute atomic E-state index is 13.6. The summed E-state index contributed by atoms with van der Waals surface area (Å²) in [4.78, 5) is 32.3. The van der Waals surface area contributed by atoms with Gasteiger partial charge < -0.3 is 9.80 Å². The lowest BCUT2D eigenvalue weighted by Crippen LogP contribution is -2.37. The molecule has 6 nitrogen and oxygen atoms in total. The van der Waals surface area contributed by atoms with E-state index in [0.29, 0.717) is 25.3 Å². The molecule has 2 aromatic heterocycles. The highest BCUT2D eigenvalue weighted by Gasteiger charge is 2.34. The van der Waals surface area contributed by atoms with Crippen molar-refractivity contribution in [1.29, 1.82) is 0 Å². The van der Waals surface area contributed by atoms with Crippen molar-refractivity contribution in [3.05, 3.63) is 74.2 Å². The van der Waals surface area contributed by atoms with Crippen molar-refractivity contribution in [1.82, 2.24) is 19.6 Å². The van der Waals surface area contributed by atoms with Crippen molar-refractivity contribution >= 4 is 23.2 Å². The number of carbonyl (C=O) groups excluding carboxylic acids is 2. The molecule has 176 valence electrons. The number of likely N-dealkylation sites (tertiary alicyclic amines) is 1. The van der Waals surface area contributed by atoms with Crippen LogP contribution in [0.15, 0.2) is 35.7 Å². The number of carbonyl (C=O) groups is 2. The monoisotopic (exact) mass is 474 g/mol. The molecule has 2 aliphatic heterocycles. The molecular formula is C27H30N4O2S. The maximum Gasteiger partial charge on any atom is 0.274 e. The van der Waals surface area contributed by atoms with Crippen LogP contribution >= 0.6 is 11.3 Å². The predicted octanol–water partition coefficient (Wildman–Crippen LogP) is 4.31. The van der Waals surface area contributed by atoms with E-state index < -0.39 is 0 Å². The molecule has 0 unspecified atom stereocenters. The summed E-state index contributed by atoms with van der Waals surface area (Å²) in [5, 5.41) is 6.91. The molecule has 7 heteroatoms. The van der Waals surface area contributed by atoms with Crippen LogP contribution in [0.1, 0.15) is 73.8 Å². The van der Waals surface area contributed by atoms with Crippen LogP contribution in [0.25, 0.3) is 0 Å². The van der Waals surface area contributed by atoms with Gasteiger partial charge in [0, 0.05) is 47.6 Å². The number of hydrogen-bond acceptors (Lipinski definition) is 4. The van der Waals surface area contributed by atoms with Crippen LogP contribution in [0.5, 0.6) is 0 Å². The fourth-order valence-corrected chi connectivity index (χ4v) is 6.76. The summed E-state index contributed by atoms with van der Waals surface area (Å²) in [6, 6.07) is 10.3. The van der Waals surface area contributed by atoms with E-state index >= 15 is 0 Å². The lowest BCUT2D eigenvalue weighted by Gasteiger charge is -2.28. The smallest absolute Gasteiger partial charge is 0.274 e. The molecule has 3 aromatic rings. The number of aryl methyl sites for hydroxylation is 1. The zero-order chi connectivity index (χ0) is 23.1. The average molecular weight is 475 g/mol. The summed E-state index contributed by atoms with van der Waals surface area (Å²) in [5.74, 6) is 0.128. The van der Waals surface area contributed by atoms with Crippen molar-refractivity contribution in [2.45, 2.75) is 58.0 Å². The lowest BCUT2D eigenvalue weighted by molar-refractivity contribution is 0.0721. The van der Waals surface area contributed by atoms with Gasteiger partial charge in [0.15, 0.2) is 5.69 Å². The first kappa shape index (κ1) is 21.6. The lowest BCUT2D eigenvalue weighted by atomic mass is 9.95. The molecule has 3 aliphatic rings. The quantitative estimate of drug-likeness (QED) is 0.566. The van der Waals surface area contributed by atoms with E-state index in [4.69, 9.17) is 5.10 Å². The summed E-state index contributed by atoms with van der Waals surface area (Å²) >= 11 is 1.74. The number of hydrogen-bond donors (Lipinski definition) is 0. The molecule has 4 heterocycles. The van der Waals surface area contributed by atoms with E-state index in [-0.39, 0.29) is 11.8 Å². The van der Waals surface area contributed by atoms with Gasteiger partial charge in [0.2, 0.25) is 0 Å². The largest absolute Gasteiger partial charge is 0.337 e. The SMILES string of the molecule is O=C(c1csc2c1CCCC2)N1CCc2c(c(C(=O)N3CCCC3)nn2Cc2ccccc2)C1. The third-order valence-electron chi connectivity index (χ3n) is 7.48. The van der Waals surface area contributed by atoms with E-state index in [1.807, 2.05) is 32.7 Å². The zero-order valence-corrected chi connectivity index (χ0v) is 20.3. The molecule has 0 bridgehead atoms. The van der Waals surface area contributed by atoms with Gasteiger partial charge >= 0.3 is 0 Å². The summed E-state index contributed by atoms with van der Waals surface area (Å²) in [7, 11) is 0. The van der Waals surface area contributed by atoms with E-state index in [1.54, 1.807) is 11.3 Å². The standard InChI is InChI=1S/C27H30N4O2S/c32-26(22-18-34-24-11-5-4-10-20(22)24)30-15-12-23-21(17-30)25(27(33)29-13-6-7-14-29)28-31(23)16-19-8-2-1-3-9-19/h1-3,8-9,18H,4-7,10-17H2. The molecule has 6 rings (SSSR count). The van der Waals surface area contributed by atoms with Gasteiger partial charge in [0.25, 0.3) is 11.8 Å². The summed E-state index contributed by atoms with van der Waals surface area (Å²) in [5.41, 5.74) is 5.89. The third-order valence-corrected chi connectivity index (χ3v) is 8.57. The average Bonchev–Trinajstić information content (AvgIpc) is 3.63. The first-order valence-corrected chi connectivity index (χ1v) is 13.4. The molecule has 1 aromatic carbocycles. The van der Waals surface area contributed by atoms with Crippen LogP contribution in [0.3, 0.4) is 0 Å². The van der Waals surface area contributed by atoms with Crippen molar-refractivity contribution in [2.24, 2.45) is 0 Å². The molecule has 0 saturated carbocycles. The van der Waals surface area contributed by atoms with Crippen LogP contribution in [-0.2, 0) is 32.4 Å². The van der Waals surface area contributed by atoms with Crippen molar-refractivity contribution in [3.63, 3.8) is 0 Å². The first-order valence-electron chi connectivity index (χ1n) is 12.5. The van der Waals surface area contributed by atoms with Gasteiger partial charge in [-0.3, -0.25) is 14.3 Å². The number of fused-ring (bicyclic) bond motifs is 2. The zero-order valence-electron chi connectivity index (χ0n) is 19.5. The fraction of sp³-hybridized carbons (Fsp3) is 0.444. The number of amides is 2. The molecule has 0 radical (unpaired) electrons. The Labute approximate surface area is 204 Å². The van der Waals surface area contributed by atoms with Crippen LogP contribution in [0.4, 0.5) is 0 Å². The van der Waals surface area contributed by atoms with Gasteiger partial charge in [0.1, 0.15) is 0 Å². The number of benzene rings is 1. The Morgan fingerprint density at radius 1 is 0.853 bits per heavy atom.